The average molecular weight is 243 g/mol. The fourth-order valence-electron chi connectivity index (χ4n) is 2.25. The van der Waals surface area contributed by atoms with Crippen LogP contribution in [0.3, 0.4) is 0 Å². The van der Waals surface area contributed by atoms with Gasteiger partial charge < -0.3 is 0 Å². The topological polar surface area (TPSA) is 17.1 Å². The van der Waals surface area contributed by atoms with Crippen LogP contribution in [0, 0.1) is 5.41 Å². The number of Topliss-reactive ketones (excluding diaryl/α,β-unsaturated/α-hetero) is 1. The molecule has 1 fully saturated rings. The Kier molecular flexibility index (Phi) is 3.17. The van der Waals surface area contributed by atoms with Gasteiger partial charge >= 0.3 is 0 Å². The molecule has 0 spiro atoms. The minimum Gasteiger partial charge on any atom is -0.299 e. The van der Waals surface area contributed by atoms with Crippen molar-refractivity contribution in [2.45, 2.75) is 39.0 Å². The molecule has 0 amide bonds. The Morgan fingerprint density at radius 1 is 1.47 bits per heavy atom. The summed E-state index contributed by atoms with van der Waals surface area (Å²) in [5, 5.41) is 0. The largest absolute Gasteiger partial charge is 0.299 e. The van der Waals surface area contributed by atoms with E-state index < -0.39 is 0 Å². The Bertz CT molecular complexity index is 363. The van der Waals surface area contributed by atoms with E-state index in [2.05, 4.69) is 6.92 Å². The first-order valence-electron chi connectivity index (χ1n) is 5.38. The third kappa shape index (κ3) is 2.43. The molecular weight excluding hydrogens is 228 g/mol. The van der Waals surface area contributed by atoms with E-state index in [4.69, 9.17) is 11.6 Å². The summed E-state index contributed by atoms with van der Waals surface area (Å²) in [6, 6.07) is 3.83. The molecule has 0 atom stereocenters. The van der Waals surface area contributed by atoms with Gasteiger partial charge in [0.25, 0.3) is 0 Å². The summed E-state index contributed by atoms with van der Waals surface area (Å²) in [5.74, 6) is 0.388. The van der Waals surface area contributed by atoms with Crippen LogP contribution in [0.15, 0.2) is 12.1 Å². The molecule has 0 saturated heterocycles. The Balaban J connectivity index is 2.03. The molecule has 0 aromatic carbocycles. The van der Waals surface area contributed by atoms with Gasteiger partial charge in [0.15, 0.2) is 0 Å². The van der Waals surface area contributed by atoms with Gasteiger partial charge in [-0.25, -0.2) is 0 Å². The Labute approximate surface area is 99.5 Å². The van der Waals surface area contributed by atoms with Crippen molar-refractivity contribution in [2.75, 3.05) is 0 Å². The molecule has 0 N–H and O–H groups in total. The second kappa shape index (κ2) is 4.26. The molecule has 0 unspecified atom stereocenters. The molecule has 0 aliphatic heterocycles. The molecule has 1 saturated carbocycles. The van der Waals surface area contributed by atoms with E-state index in [1.807, 2.05) is 12.1 Å². The summed E-state index contributed by atoms with van der Waals surface area (Å²) in [6.45, 7) is 2.11. The number of carbonyl (C=O) groups is 1. The molecule has 0 bridgehead atoms. The number of rotatable bonds is 3. The number of hydrogen-bond acceptors (Lipinski definition) is 2. The molecule has 1 aliphatic rings. The summed E-state index contributed by atoms with van der Waals surface area (Å²) >= 11 is 7.36. The molecule has 1 heterocycles. The van der Waals surface area contributed by atoms with E-state index in [0.717, 1.165) is 22.1 Å². The highest BCUT2D eigenvalue weighted by molar-refractivity contribution is 7.16. The van der Waals surface area contributed by atoms with E-state index in [1.54, 1.807) is 0 Å². The van der Waals surface area contributed by atoms with Gasteiger partial charge in [-0.2, -0.15) is 0 Å². The van der Waals surface area contributed by atoms with E-state index in [1.165, 1.54) is 24.2 Å². The van der Waals surface area contributed by atoms with E-state index in [0.29, 0.717) is 12.2 Å². The lowest BCUT2D eigenvalue weighted by Gasteiger charge is -2.20. The first kappa shape index (κ1) is 11.2. The van der Waals surface area contributed by atoms with Crippen molar-refractivity contribution < 1.29 is 4.79 Å². The van der Waals surface area contributed by atoms with Crippen molar-refractivity contribution in [2.24, 2.45) is 5.41 Å². The summed E-state index contributed by atoms with van der Waals surface area (Å²) in [6.07, 6.45) is 5.09. The van der Waals surface area contributed by atoms with Gasteiger partial charge in [-0.3, -0.25) is 4.79 Å². The van der Waals surface area contributed by atoms with Gasteiger partial charge in [0.2, 0.25) is 0 Å². The summed E-state index contributed by atoms with van der Waals surface area (Å²) < 4.78 is 0.773. The maximum absolute atomic E-state index is 12.1. The molecule has 3 heteroatoms. The average Bonchev–Trinajstić information content (AvgIpc) is 2.76. The van der Waals surface area contributed by atoms with E-state index in [9.17, 15) is 4.79 Å². The maximum Gasteiger partial charge on any atom is 0.143 e. The zero-order chi connectivity index (χ0) is 10.9. The third-order valence-electron chi connectivity index (χ3n) is 3.34. The Morgan fingerprint density at radius 2 is 2.13 bits per heavy atom. The molecule has 1 aromatic heterocycles. The van der Waals surface area contributed by atoms with Gasteiger partial charge in [0, 0.05) is 16.7 Å². The second-order valence-corrected chi connectivity index (χ2v) is 6.37. The van der Waals surface area contributed by atoms with Gasteiger partial charge in [-0.15, -0.1) is 11.3 Å². The number of halogens is 1. The molecule has 2 rings (SSSR count). The van der Waals surface area contributed by atoms with Crippen LogP contribution < -0.4 is 0 Å². The maximum atomic E-state index is 12.1. The smallest absolute Gasteiger partial charge is 0.143 e. The second-order valence-electron chi connectivity index (χ2n) is 4.57. The molecule has 1 nitrogen and oxygen atoms in total. The Hall–Kier alpha value is -0.340. The van der Waals surface area contributed by atoms with E-state index in [-0.39, 0.29) is 5.41 Å². The van der Waals surface area contributed by atoms with Gasteiger partial charge in [0.05, 0.1) is 4.34 Å². The fourth-order valence-corrected chi connectivity index (χ4v) is 3.34. The third-order valence-corrected chi connectivity index (χ3v) is 4.58. The first-order chi connectivity index (χ1) is 7.10. The van der Waals surface area contributed by atoms with Gasteiger partial charge in [-0.1, -0.05) is 31.4 Å². The highest BCUT2D eigenvalue weighted by atomic mass is 35.5. The monoisotopic (exact) mass is 242 g/mol. The summed E-state index contributed by atoms with van der Waals surface area (Å²) in [5.41, 5.74) is -0.0591. The molecule has 1 aliphatic carbocycles. The van der Waals surface area contributed by atoms with Crippen LogP contribution >= 0.6 is 22.9 Å². The molecule has 0 radical (unpaired) electrons. The normalized spacial score (nSPS) is 19.3. The van der Waals surface area contributed by atoms with Crippen LogP contribution in [0.1, 0.15) is 37.5 Å². The number of ketones is 1. The minimum atomic E-state index is -0.0591. The van der Waals surface area contributed by atoms with Crippen molar-refractivity contribution in [3.05, 3.63) is 21.3 Å². The lowest BCUT2D eigenvalue weighted by Crippen LogP contribution is -2.25. The quantitative estimate of drug-likeness (QED) is 0.780. The van der Waals surface area contributed by atoms with Crippen LogP contribution in [0.5, 0.6) is 0 Å². The van der Waals surface area contributed by atoms with Crippen molar-refractivity contribution in [1.82, 2.24) is 0 Å². The highest BCUT2D eigenvalue weighted by Crippen LogP contribution is 2.39. The lowest BCUT2D eigenvalue weighted by atomic mass is 9.82. The molecule has 82 valence electrons. The summed E-state index contributed by atoms with van der Waals surface area (Å²) in [7, 11) is 0. The van der Waals surface area contributed by atoms with Crippen molar-refractivity contribution in [3.8, 4) is 0 Å². The van der Waals surface area contributed by atoms with E-state index >= 15 is 0 Å². The predicted octanol–water partition coefficient (Wildman–Crippen LogP) is 4.09. The number of thiophene rings is 1. The predicted molar refractivity (Wildman–Crippen MR) is 64.6 cm³/mol. The fraction of sp³-hybridized carbons (Fsp3) is 0.583. The van der Waals surface area contributed by atoms with Crippen molar-refractivity contribution >= 4 is 28.7 Å². The zero-order valence-corrected chi connectivity index (χ0v) is 10.5. The van der Waals surface area contributed by atoms with Crippen molar-refractivity contribution in [1.29, 1.82) is 0 Å². The molecular formula is C12H15ClOS. The van der Waals surface area contributed by atoms with Crippen LogP contribution in [0.2, 0.25) is 4.34 Å². The highest BCUT2D eigenvalue weighted by Gasteiger charge is 2.35. The van der Waals surface area contributed by atoms with Crippen LogP contribution in [0.25, 0.3) is 0 Å². The summed E-state index contributed by atoms with van der Waals surface area (Å²) in [4.78, 5) is 13.2. The number of carbonyl (C=O) groups excluding carboxylic acids is 1. The zero-order valence-electron chi connectivity index (χ0n) is 8.88. The van der Waals surface area contributed by atoms with Crippen LogP contribution in [-0.4, -0.2) is 5.78 Å². The lowest BCUT2D eigenvalue weighted by molar-refractivity contribution is -0.126. The van der Waals surface area contributed by atoms with Gasteiger partial charge in [-0.05, 0) is 25.0 Å². The minimum absolute atomic E-state index is 0.0591. The molecule has 15 heavy (non-hydrogen) atoms. The Morgan fingerprint density at radius 3 is 2.67 bits per heavy atom. The number of hydrogen-bond donors (Lipinski definition) is 0. The van der Waals surface area contributed by atoms with Gasteiger partial charge in [0.1, 0.15) is 5.78 Å². The van der Waals surface area contributed by atoms with Crippen LogP contribution in [-0.2, 0) is 11.2 Å². The van der Waals surface area contributed by atoms with Crippen LogP contribution in [0.4, 0.5) is 0 Å². The SMILES string of the molecule is CC1(C(=O)Cc2ccc(Cl)s2)CCCC1. The first-order valence-corrected chi connectivity index (χ1v) is 6.57. The molecule has 1 aromatic rings. The standard InChI is InChI=1S/C12H15ClOS/c1-12(6-2-3-7-12)10(14)8-9-4-5-11(13)15-9/h4-5H,2-3,6-8H2,1H3. The van der Waals surface area contributed by atoms with Crippen molar-refractivity contribution in [3.63, 3.8) is 0 Å².